The third-order valence-electron chi connectivity index (χ3n) is 3.45. The third-order valence-corrected chi connectivity index (χ3v) is 3.45. The first-order valence-corrected chi connectivity index (χ1v) is 6.21. The molecule has 1 aliphatic carbocycles. The van der Waals surface area contributed by atoms with Gasteiger partial charge in [-0.15, -0.1) is 0 Å². The molecular formula is C12H22N2O4. The summed E-state index contributed by atoms with van der Waals surface area (Å²) in [6, 6.07) is -0.830. The average molecular weight is 258 g/mol. The quantitative estimate of drug-likeness (QED) is 0.649. The lowest BCUT2D eigenvalue weighted by atomic mass is 9.76. The molecule has 0 saturated heterocycles. The van der Waals surface area contributed by atoms with Crippen LogP contribution < -0.4 is 11.1 Å². The predicted octanol–water partition coefficient (Wildman–Crippen LogP) is 0.110. The molecule has 0 aromatic rings. The lowest BCUT2D eigenvalue weighted by Gasteiger charge is -2.37. The van der Waals surface area contributed by atoms with Gasteiger partial charge in [0.05, 0.1) is 6.61 Å². The van der Waals surface area contributed by atoms with Crippen LogP contribution in [0.4, 0.5) is 0 Å². The number of hydrogen-bond acceptors (Lipinski definition) is 4. The first kappa shape index (κ1) is 14.9. The first-order valence-electron chi connectivity index (χ1n) is 6.21. The Kier molecular flexibility index (Phi) is 5.10. The fraction of sp³-hybridized carbons (Fsp3) is 0.833. The molecule has 18 heavy (non-hydrogen) atoms. The van der Waals surface area contributed by atoms with Gasteiger partial charge in [0.1, 0.15) is 11.6 Å². The van der Waals surface area contributed by atoms with Gasteiger partial charge in [0, 0.05) is 7.11 Å². The summed E-state index contributed by atoms with van der Waals surface area (Å²) in [4.78, 5) is 23.3. The van der Waals surface area contributed by atoms with Crippen molar-refractivity contribution >= 4 is 11.9 Å². The Balaban J connectivity index is 2.74. The van der Waals surface area contributed by atoms with E-state index in [4.69, 9.17) is 10.5 Å². The standard InChI is InChI=1S/C12H22N2O4/c1-8-4-3-5-12(6-8,11(16)17)14-10(15)9(13)7-18-2/h8-9H,3-7,13H2,1-2H3,(H,14,15)(H,16,17). The number of carboxylic acid groups (broad SMARTS) is 1. The summed E-state index contributed by atoms with van der Waals surface area (Å²) in [5, 5.41) is 12.0. The summed E-state index contributed by atoms with van der Waals surface area (Å²) in [5.41, 5.74) is 4.44. The number of carbonyl (C=O) groups excluding carboxylic acids is 1. The molecule has 0 radical (unpaired) electrons. The second-order valence-corrected chi connectivity index (χ2v) is 5.14. The number of hydrogen-bond donors (Lipinski definition) is 3. The number of amides is 1. The molecule has 3 atom stereocenters. The van der Waals surface area contributed by atoms with Crippen LogP contribution in [0.2, 0.25) is 0 Å². The van der Waals surface area contributed by atoms with Crippen LogP contribution in [0.5, 0.6) is 0 Å². The van der Waals surface area contributed by atoms with Gasteiger partial charge in [-0.05, 0) is 18.8 Å². The minimum Gasteiger partial charge on any atom is -0.480 e. The van der Waals surface area contributed by atoms with Crippen molar-refractivity contribution < 1.29 is 19.4 Å². The van der Waals surface area contributed by atoms with Gasteiger partial charge in [0.25, 0.3) is 0 Å². The molecule has 3 unspecified atom stereocenters. The summed E-state index contributed by atoms with van der Waals surface area (Å²) in [6.45, 7) is 2.08. The molecule has 0 heterocycles. The van der Waals surface area contributed by atoms with Gasteiger partial charge in [-0.3, -0.25) is 4.79 Å². The summed E-state index contributed by atoms with van der Waals surface area (Å²) in [7, 11) is 1.45. The van der Waals surface area contributed by atoms with Crippen molar-refractivity contribution in [3.63, 3.8) is 0 Å². The van der Waals surface area contributed by atoms with Crippen LogP contribution in [0.25, 0.3) is 0 Å². The highest BCUT2D eigenvalue weighted by Crippen LogP contribution is 2.32. The number of methoxy groups -OCH3 is 1. The van der Waals surface area contributed by atoms with E-state index in [9.17, 15) is 14.7 Å². The average Bonchev–Trinajstić information content (AvgIpc) is 2.29. The summed E-state index contributed by atoms with van der Waals surface area (Å²) in [6.07, 6.45) is 2.70. The van der Waals surface area contributed by atoms with Gasteiger partial charge < -0.3 is 20.9 Å². The maximum absolute atomic E-state index is 11.8. The Morgan fingerprint density at radius 1 is 1.61 bits per heavy atom. The molecule has 1 saturated carbocycles. The minimum absolute atomic E-state index is 0.0804. The largest absolute Gasteiger partial charge is 0.480 e. The van der Waals surface area contributed by atoms with Crippen LogP contribution in [0.1, 0.15) is 32.6 Å². The number of aliphatic carboxylic acids is 1. The third kappa shape index (κ3) is 3.43. The second-order valence-electron chi connectivity index (χ2n) is 5.14. The molecule has 4 N–H and O–H groups in total. The Morgan fingerprint density at radius 3 is 2.78 bits per heavy atom. The molecular weight excluding hydrogens is 236 g/mol. The van der Waals surface area contributed by atoms with Crippen LogP contribution in [0, 0.1) is 5.92 Å². The van der Waals surface area contributed by atoms with Crippen LogP contribution >= 0.6 is 0 Å². The summed E-state index contributed by atoms with van der Waals surface area (Å²) < 4.78 is 4.80. The van der Waals surface area contributed by atoms with Crippen molar-refractivity contribution in [3.8, 4) is 0 Å². The highest BCUT2D eigenvalue weighted by molar-refractivity contribution is 5.89. The molecule has 1 aliphatic rings. The Hall–Kier alpha value is -1.14. The number of ether oxygens (including phenoxy) is 1. The lowest BCUT2D eigenvalue weighted by Crippen LogP contribution is -2.60. The maximum atomic E-state index is 11.8. The van der Waals surface area contributed by atoms with Crippen molar-refractivity contribution in [1.29, 1.82) is 0 Å². The van der Waals surface area contributed by atoms with Gasteiger partial charge >= 0.3 is 5.97 Å². The SMILES string of the molecule is COCC(N)C(=O)NC1(C(=O)O)CCCC(C)C1. The lowest BCUT2D eigenvalue weighted by molar-refractivity contribution is -0.150. The molecule has 6 nitrogen and oxygen atoms in total. The Bertz CT molecular complexity index is 321. The summed E-state index contributed by atoms with van der Waals surface area (Å²) in [5.74, 6) is -1.16. The van der Waals surface area contributed by atoms with Gasteiger partial charge in [-0.2, -0.15) is 0 Å². The molecule has 0 aromatic carbocycles. The zero-order valence-corrected chi connectivity index (χ0v) is 10.9. The van der Waals surface area contributed by atoms with E-state index in [2.05, 4.69) is 5.32 Å². The smallest absolute Gasteiger partial charge is 0.329 e. The van der Waals surface area contributed by atoms with Crippen LogP contribution in [0.15, 0.2) is 0 Å². The van der Waals surface area contributed by atoms with E-state index >= 15 is 0 Å². The summed E-state index contributed by atoms with van der Waals surface area (Å²) >= 11 is 0. The normalized spacial score (nSPS) is 29.6. The van der Waals surface area contributed by atoms with E-state index in [1.807, 2.05) is 6.92 Å². The van der Waals surface area contributed by atoms with Crippen molar-refractivity contribution in [3.05, 3.63) is 0 Å². The van der Waals surface area contributed by atoms with Gasteiger partial charge in [-0.25, -0.2) is 4.79 Å². The molecule has 104 valence electrons. The monoisotopic (exact) mass is 258 g/mol. The topological polar surface area (TPSA) is 102 Å². The van der Waals surface area contributed by atoms with Crippen molar-refractivity contribution in [2.24, 2.45) is 11.7 Å². The number of nitrogens with one attached hydrogen (secondary N) is 1. The van der Waals surface area contributed by atoms with Crippen molar-refractivity contribution in [2.45, 2.75) is 44.2 Å². The zero-order chi connectivity index (χ0) is 13.8. The van der Waals surface area contributed by atoms with Crippen molar-refractivity contribution in [2.75, 3.05) is 13.7 Å². The van der Waals surface area contributed by atoms with Gasteiger partial charge in [-0.1, -0.05) is 19.8 Å². The van der Waals surface area contributed by atoms with Crippen molar-refractivity contribution in [1.82, 2.24) is 5.32 Å². The molecule has 1 fully saturated rings. The molecule has 6 heteroatoms. The van der Waals surface area contributed by atoms with E-state index in [0.29, 0.717) is 12.8 Å². The fourth-order valence-corrected chi connectivity index (χ4v) is 2.50. The van der Waals surface area contributed by atoms with E-state index in [0.717, 1.165) is 12.8 Å². The Labute approximate surface area is 107 Å². The fourth-order valence-electron chi connectivity index (χ4n) is 2.50. The minimum atomic E-state index is -1.17. The molecule has 1 amide bonds. The molecule has 0 bridgehead atoms. The second kappa shape index (κ2) is 6.15. The van der Waals surface area contributed by atoms with E-state index < -0.39 is 23.5 Å². The van der Waals surface area contributed by atoms with Gasteiger partial charge in [0.2, 0.25) is 5.91 Å². The molecule has 0 aromatic heterocycles. The number of carboxylic acids is 1. The molecule has 1 rings (SSSR count). The predicted molar refractivity (Wildman–Crippen MR) is 66.0 cm³/mol. The van der Waals surface area contributed by atoms with Crippen LogP contribution in [-0.4, -0.2) is 42.3 Å². The van der Waals surface area contributed by atoms with Crippen LogP contribution in [0.3, 0.4) is 0 Å². The number of carbonyl (C=O) groups is 2. The highest BCUT2D eigenvalue weighted by Gasteiger charge is 2.43. The maximum Gasteiger partial charge on any atom is 0.329 e. The molecule has 0 aliphatic heterocycles. The van der Waals surface area contributed by atoms with Crippen LogP contribution in [-0.2, 0) is 14.3 Å². The first-order chi connectivity index (χ1) is 8.41. The zero-order valence-electron chi connectivity index (χ0n) is 10.9. The van der Waals surface area contributed by atoms with E-state index in [1.54, 1.807) is 0 Å². The molecule has 0 spiro atoms. The number of nitrogens with two attached hydrogens (primary N) is 1. The van der Waals surface area contributed by atoms with E-state index in [1.165, 1.54) is 7.11 Å². The van der Waals surface area contributed by atoms with Gasteiger partial charge in [0.15, 0.2) is 0 Å². The highest BCUT2D eigenvalue weighted by atomic mass is 16.5. The number of rotatable bonds is 5. The Morgan fingerprint density at radius 2 is 2.28 bits per heavy atom. The van der Waals surface area contributed by atoms with E-state index in [-0.39, 0.29) is 12.5 Å².